The van der Waals surface area contributed by atoms with E-state index in [1.807, 2.05) is 29.5 Å². The molecule has 160 valence electrons. The van der Waals surface area contributed by atoms with Gasteiger partial charge in [-0.15, -0.1) is 0 Å². The van der Waals surface area contributed by atoms with Gasteiger partial charge >= 0.3 is 0 Å². The van der Waals surface area contributed by atoms with Gasteiger partial charge in [-0.05, 0) is 43.3 Å². The molecule has 3 heterocycles. The number of fused-ring (bicyclic) bond motifs is 1. The van der Waals surface area contributed by atoms with E-state index in [9.17, 15) is 9.18 Å². The first-order chi connectivity index (χ1) is 15.1. The number of anilines is 1. The monoisotopic (exact) mass is 439 g/mol. The Balaban J connectivity index is 1.67. The highest BCUT2D eigenvalue weighted by Gasteiger charge is 2.23. The molecular weight excluding hydrogens is 417 g/mol. The maximum absolute atomic E-state index is 13.4. The Hall–Kier alpha value is -3.30. The number of halogens is 1. The number of benzene rings is 1. The quantitative estimate of drug-likeness (QED) is 0.407. The third kappa shape index (κ3) is 4.42. The lowest BCUT2D eigenvalue weighted by molar-refractivity contribution is 0.0953. The van der Waals surface area contributed by atoms with Gasteiger partial charge in [-0.2, -0.15) is 0 Å². The van der Waals surface area contributed by atoms with Crippen molar-refractivity contribution in [2.45, 2.75) is 13.5 Å². The fourth-order valence-electron chi connectivity index (χ4n) is 3.25. The maximum Gasteiger partial charge on any atom is 0.263 e. The molecule has 7 nitrogen and oxygen atoms in total. The number of amides is 1. The molecule has 1 aromatic carbocycles. The molecule has 0 aliphatic heterocycles. The molecule has 0 radical (unpaired) electrons. The van der Waals surface area contributed by atoms with Crippen LogP contribution in [0.25, 0.3) is 16.2 Å². The standard InChI is InChI=1S/C22H22FN5O2S/c1-14-19(21(29)26-13-17-5-3-4-10-24-17)31-22-27-18(15-6-8-16(23)9-7-15)20(28(14)22)25-11-12-30-2/h3-10,25H,11-13H2,1-2H3,(H,26,29). The van der Waals surface area contributed by atoms with E-state index in [1.54, 1.807) is 25.4 Å². The lowest BCUT2D eigenvalue weighted by Crippen LogP contribution is -2.23. The summed E-state index contributed by atoms with van der Waals surface area (Å²) in [7, 11) is 1.63. The first kappa shape index (κ1) is 21.0. The third-order valence-electron chi connectivity index (χ3n) is 4.78. The van der Waals surface area contributed by atoms with Crippen LogP contribution in [0.5, 0.6) is 0 Å². The van der Waals surface area contributed by atoms with Gasteiger partial charge in [-0.3, -0.25) is 14.2 Å². The van der Waals surface area contributed by atoms with E-state index in [2.05, 4.69) is 15.6 Å². The molecule has 0 aliphatic rings. The van der Waals surface area contributed by atoms with Crippen LogP contribution < -0.4 is 10.6 Å². The number of rotatable bonds is 8. The van der Waals surface area contributed by atoms with Crippen molar-refractivity contribution in [1.29, 1.82) is 0 Å². The Labute approximate surface area is 182 Å². The average molecular weight is 440 g/mol. The number of nitrogens with one attached hydrogen (secondary N) is 2. The Bertz CT molecular complexity index is 1190. The Morgan fingerprint density at radius 3 is 2.74 bits per heavy atom. The minimum absolute atomic E-state index is 0.176. The summed E-state index contributed by atoms with van der Waals surface area (Å²) < 4.78 is 20.5. The van der Waals surface area contributed by atoms with Crippen molar-refractivity contribution in [1.82, 2.24) is 19.7 Å². The number of imidazole rings is 1. The smallest absolute Gasteiger partial charge is 0.263 e. The molecule has 1 amide bonds. The minimum atomic E-state index is -0.304. The van der Waals surface area contributed by atoms with Crippen LogP contribution in [0.2, 0.25) is 0 Å². The molecule has 4 aromatic rings. The molecule has 9 heteroatoms. The lowest BCUT2D eigenvalue weighted by Gasteiger charge is -2.09. The molecule has 4 rings (SSSR count). The van der Waals surface area contributed by atoms with E-state index in [0.717, 1.165) is 22.8 Å². The van der Waals surface area contributed by atoms with Crippen molar-refractivity contribution in [3.63, 3.8) is 0 Å². The van der Waals surface area contributed by atoms with Gasteiger partial charge in [0.2, 0.25) is 0 Å². The Morgan fingerprint density at radius 1 is 1.23 bits per heavy atom. The van der Waals surface area contributed by atoms with Gasteiger partial charge in [-0.1, -0.05) is 17.4 Å². The number of aromatic nitrogens is 3. The molecule has 0 spiro atoms. The topological polar surface area (TPSA) is 80.5 Å². The minimum Gasteiger partial charge on any atom is -0.383 e. The number of aryl methyl sites for hydroxylation is 1. The van der Waals surface area contributed by atoms with E-state index >= 15 is 0 Å². The summed E-state index contributed by atoms with van der Waals surface area (Å²) in [6, 6.07) is 11.8. The Kier molecular flexibility index (Phi) is 6.24. The van der Waals surface area contributed by atoms with Crippen molar-refractivity contribution >= 4 is 28.0 Å². The predicted molar refractivity (Wildman–Crippen MR) is 119 cm³/mol. The highest BCUT2D eigenvalue weighted by molar-refractivity contribution is 7.19. The second-order valence-electron chi connectivity index (χ2n) is 6.87. The number of hydrogen-bond acceptors (Lipinski definition) is 6. The van der Waals surface area contributed by atoms with Crippen LogP contribution in [-0.2, 0) is 11.3 Å². The molecule has 0 unspecified atom stereocenters. The molecule has 0 aliphatic carbocycles. The normalized spacial score (nSPS) is 11.1. The number of thiazole rings is 1. The molecule has 0 bridgehead atoms. The van der Waals surface area contributed by atoms with Gasteiger partial charge in [-0.25, -0.2) is 9.37 Å². The highest BCUT2D eigenvalue weighted by atomic mass is 32.1. The fraction of sp³-hybridized carbons (Fsp3) is 0.227. The van der Waals surface area contributed by atoms with Crippen molar-refractivity contribution in [3.05, 3.63) is 70.7 Å². The summed E-state index contributed by atoms with van der Waals surface area (Å²) in [5, 5.41) is 6.26. The van der Waals surface area contributed by atoms with Crippen molar-refractivity contribution in [2.75, 3.05) is 25.6 Å². The highest BCUT2D eigenvalue weighted by Crippen LogP contribution is 2.34. The molecule has 3 aromatic heterocycles. The maximum atomic E-state index is 13.4. The Morgan fingerprint density at radius 2 is 2.03 bits per heavy atom. The molecule has 31 heavy (non-hydrogen) atoms. The van der Waals surface area contributed by atoms with Crippen LogP contribution in [0.15, 0.2) is 48.7 Å². The van der Waals surface area contributed by atoms with Crippen LogP contribution in [-0.4, -0.2) is 40.5 Å². The lowest BCUT2D eigenvalue weighted by atomic mass is 10.1. The number of carbonyl (C=O) groups excluding carboxylic acids is 1. The van der Waals surface area contributed by atoms with Crippen molar-refractivity contribution in [3.8, 4) is 11.3 Å². The molecule has 0 saturated carbocycles. The third-order valence-corrected chi connectivity index (χ3v) is 5.92. The summed E-state index contributed by atoms with van der Waals surface area (Å²) in [4.78, 5) is 23.0. The van der Waals surface area contributed by atoms with E-state index < -0.39 is 0 Å². The molecule has 0 saturated heterocycles. The summed E-state index contributed by atoms with van der Waals surface area (Å²) in [6.07, 6.45) is 1.70. The predicted octanol–water partition coefficient (Wildman–Crippen LogP) is 3.89. The van der Waals surface area contributed by atoms with Gasteiger partial charge in [0.25, 0.3) is 5.91 Å². The number of methoxy groups -OCH3 is 1. The first-order valence-corrected chi connectivity index (χ1v) is 10.6. The molecular formula is C22H22FN5O2S. The SMILES string of the molecule is COCCNc1c(-c2ccc(F)cc2)nc2sc(C(=O)NCc3ccccn3)c(C)n12. The van der Waals surface area contributed by atoms with Gasteiger partial charge < -0.3 is 15.4 Å². The molecule has 2 N–H and O–H groups in total. The molecule has 0 fully saturated rings. The van der Waals surface area contributed by atoms with Gasteiger partial charge in [0.05, 0.1) is 18.8 Å². The largest absolute Gasteiger partial charge is 0.383 e. The zero-order valence-electron chi connectivity index (χ0n) is 17.2. The van der Waals surface area contributed by atoms with Gasteiger partial charge in [0.1, 0.15) is 22.2 Å². The van der Waals surface area contributed by atoms with E-state index in [1.165, 1.54) is 23.5 Å². The van der Waals surface area contributed by atoms with Crippen LogP contribution >= 0.6 is 11.3 Å². The number of carbonyl (C=O) groups is 1. The van der Waals surface area contributed by atoms with Crippen molar-refractivity contribution in [2.24, 2.45) is 0 Å². The number of ether oxygens (including phenoxy) is 1. The number of nitrogens with zero attached hydrogens (tertiary/aromatic N) is 3. The van der Waals surface area contributed by atoms with Crippen LogP contribution in [0, 0.1) is 12.7 Å². The summed E-state index contributed by atoms with van der Waals surface area (Å²) in [6.45, 7) is 3.31. The van der Waals surface area contributed by atoms with E-state index in [0.29, 0.717) is 35.2 Å². The zero-order valence-corrected chi connectivity index (χ0v) is 18.0. The first-order valence-electron chi connectivity index (χ1n) is 9.77. The second-order valence-corrected chi connectivity index (χ2v) is 7.85. The zero-order chi connectivity index (χ0) is 21.8. The number of pyridine rings is 1. The molecule has 0 atom stereocenters. The van der Waals surface area contributed by atoms with Crippen LogP contribution in [0.1, 0.15) is 21.1 Å². The van der Waals surface area contributed by atoms with Gasteiger partial charge in [0, 0.05) is 31.1 Å². The van der Waals surface area contributed by atoms with Crippen LogP contribution in [0.4, 0.5) is 10.2 Å². The number of hydrogen-bond donors (Lipinski definition) is 2. The fourth-order valence-corrected chi connectivity index (χ4v) is 4.30. The summed E-state index contributed by atoms with van der Waals surface area (Å²) >= 11 is 1.31. The van der Waals surface area contributed by atoms with Crippen molar-refractivity contribution < 1.29 is 13.9 Å². The van der Waals surface area contributed by atoms with E-state index in [-0.39, 0.29) is 11.7 Å². The second kappa shape index (κ2) is 9.23. The summed E-state index contributed by atoms with van der Waals surface area (Å²) in [5.74, 6) is 0.266. The summed E-state index contributed by atoms with van der Waals surface area (Å²) in [5.41, 5.74) is 3.05. The average Bonchev–Trinajstić information content (AvgIpc) is 3.30. The van der Waals surface area contributed by atoms with Gasteiger partial charge in [0.15, 0.2) is 4.96 Å². The van der Waals surface area contributed by atoms with E-state index in [4.69, 9.17) is 9.72 Å². The van der Waals surface area contributed by atoms with Crippen LogP contribution in [0.3, 0.4) is 0 Å².